The van der Waals surface area contributed by atoms with Crippen LogP contribution in [0.3, 0.4) is 0 Å². The molecule has 1 heterocycles. The minimum absolute atomic E-state index is 0.0827. The van der Waals surface area contributed by atoms with Crippen LogP contribution < -0.4 is 10.6 Å². The number of carboxylic acid groups (broad SMARTS) is 1. The number of nitrogens with zero attached hydrogens (tertiary/aromatic N) is 2. The van der Waals surface area contributed by atoms with E-state index in [9.17, 15) is 14.7 Å². The zero-order valence-electron chi connectivity index (χ0n) is 11.4. The molecule has 4 N–H and O–H groups in total. The number of aromatic carboxylic acids is 1. The van der Waals surface area contributed by atoms with Crippen LogP contribution in [0.4, 0.5) is 16.2 Å². The summed E-state index contributed by atoms with van der Waals surface area (Å²) in [6.07, 6.45) is 1.63. The summed E-state index contributed by atoms with van der Waals surface area (Å²) in [7, 11) is 1.72. The lowest BCUT2D eigenvalue weighted by Gasteiger charge is -2.09. The minimum Gasteiger partial charge on any atom is -0.508 e. The van der Waals surface area contributed by atoms with Gasteiger partial charge in [-0.05, 0) is 25.1 Å². The second-order valence-electron chi connectivity index (χ2n) is 4.42. The zero-order valence-corrected chi connectivity index (χ0v) is 11.4. The van der Waals surface area contributed by atoms with Crippen molar-refractivity contribution in [3.63, 3.8) is 0 Å². The first-order valence-corrected chi connectivity index (χ1v) is 6.01. The molecule has 0 bridgehead atoms. The number of phenolic OH excluding ortho intramolecular Hbond substituents is 1. The Hall–Kier alpha value is -3.03. The van der Waals surface area contributed by atoms with E-state index in [0.29, 0.717) is 11.4 Å². The van der Waals surface area contributed by atoms with Crippen molar-refractivity contribution in [1.82, 2.24) is 9.78 Å². The van der Waals surface area contributed by atoms with Crippen molar-refractivity contribution >= 4 is 23.4 Å². The van der Waals surface area contributed by atoms with Gasteiger partial charge in [-0.2, -0.15) is 5.10 Å². The molecule has 0 radical (unpaired) electrons. The molecule has 0 saturated heterocycles. The Kier molecular flexibility index (Phi) is 3.79. The Balaban J connectivity index is 2.16. The SMILES string of the molecule is Cc1nn(C)cc1NC(=O)Nc1ccc(O)cc1C(=O)O. The molecule has 8 nitrogen and oxygen atoms in total. The molecule has 2 aromatic rings. The average molecular weight is 290 g/mol. The number of carbonyl (C=O) groups is 2. The van der Waals surface area contributed by atoms with Crippen molar-refractivity contribution < 1.29 is 19.8 Å². The van der Waals surface area contributed by atoms with Crippen LogP contribution in [0, 0.1) is 6.92 Å². The van der Waals surface area contributed by atoms with E-state index in [-0.39, 0.29) is 17.0 Å². The van der Waals surface area contributed by atoms with Crippen molar-refractivity contribution in [3.8, 4) is 5.75 Å². The van der Waals surface area contributed by atoms with Crippen LogP contribution in [0.15, 0.2) is 24.4 Å². The molecule has 21 heavy (non-hydrogen) atoms. The molecule has 2 rings (SSSR count). The lowest BCUT2D eigenvalue weighted by atomic mass is 10.1. The monoisotopic (exact) mass is 290 g/mol. The fraction of sp³-hybridized carbons (Fsp3) is 0.154. The highest BCUT2D eigenvalue weighted by Gasteiger charge is 2.14. The second-order valence-corrected chi connectivity index (χ2v) is 4.42. The maximum absolute atomic E-state index is 11.9. The molecule has 0 unspecified atom stereocenters. The van der Waals surface area contributed by atoms with Crippen LogP contribution in [0.5, 0.6) is 5.75 Å². The normalized spacial score (nSPS) is 10.2. The van der Waals surface area contributed by atoms with E-state index in [1.807, 2.05) is 0 Å². The van der Waals surface area contributed by atoms with Crippen LogP contribution in [0.1, 0.15) is 16.1 Å². The maximum atomic E-state index is 11.9. The number of rotatable bonds is 3. The number of nitrogens with one attached hydrogen (secondary N) is 2. The first kappa shape index (κ1) is 14.4. The van der Waals surface area contributed by atoms with Crippen LogP contribution in [-0.4, -0.2) is 32.0 Å². The summed E-state index contributed by atoms with van der Waals surface area (Å²) in [5, 5.41) is 27.4. The lowest BCUT2D eigenvalue weighted by molar-refractivity contribution is 0.0697. The van der Waals surface area contributed by atoms with Crippen molar-refractivity contribution in [3.05, 3.63) is 35.7 Å². The molecule has 0 aliphatic rings. The Labute approximate surface area is 120 Å². The number of aryl methyl sites for hydroxylation is 2. The van der Waals surface area contributed by atoms with Gasteiger partial charge >= 0.3 is 12.0 Å². The Morgan fingerprint density at radius 2 is 1.90 bits per heavy atom. The van der Waals surface area contributed by atoms with E-state index in [4.69, 9.17) is 5.11 Å². The first-order valence-electron chi connectivity index (χ1n) is 6.01. The van der Waals surface area contributed by atoms with Crippen molar-refractivity contribution in [2.45, 2.75) is 6.92 Å². The fourth-order valence-corrected chi connectivity index (χ4v) is 1.82. The third-order valence-electron chi connectivity index (χ3n) is 2.74. The first-order chi connectivity index (χ1) is 9.86. The van der Waals surface area contributed by atoms with E-state index >= 15 is 0 Å². The molecule has 110 valence electrons. The van der Waals surface area contributed by atoms with E-state index in [0.717, 1.165) is 6.07 Å². The number of carbonyl (C=O) groups excluding carboxylic acids is 1. The summed E-state index contributed by atoms with van der Waals surface area (Å²) in [4.78, 5) is 23.0. The third kappa shape index (κ3) is 3.30. The maximum Gasteiger partial charge on any atom is 0.337 e. The minimum atomic E-state index is -1.25. The molecular formula is C13H14N4O4. The zero-order chi connectivity index (χ0) is 15.6. The molecule has 0 spiro atoms. The number of hydrogen-bond acceptors (Lipinski definition) is 4. The van der Waals surface area contributed by atoms with Crippen molar-refractivity contribution in [2.24, 2.45) is 7.05 Å². The highest BCUT2D eigenvalue weighted by atomic mass is 16.4. The number of carboxylic acids is 1. The van der Waals surface area contributed by atoms with Gasteiger partial charge in [0.1, 0.15) is 5.75 Å². The van der Waals surface area contributed by atoms with Gasteiger partial charge in [0.2, 0.25) is 0 Å². The number of anilines is 2. The largest absolute Gasteiger partial charge is 0.508 e. The fourth-order valence-electron chi connectivity index (χ4n) is 1.82. The summed E-state index contributed by atoms with van der Waals surface area (Å²) >= 11 is 0. The molecule has 0 aliphatic carbocycles. The second kappa shape index (κ2) is 5.53. The average Bonchev–Trinajstić information content (AvgIpc) is 2.69. The van der Waals surface area contributed by atoms with Gasteiger partial charge in [0.05, 0.1) is 22.6 Å². The van der Waals surface area contributed by atoms with Gasteiger partial charge in [0, 0.05) is 13.2 Å². The number of amides is 2. The molecule has 1 aromatic carbocycles. The number of phenols is 1. The highest BCUT2D eigenvalue weighted by molar-refractivity contribution is 6.04. The smallest absolute Gasteiger partial charge is 0.337 e. The predicted octanol–water partition coefficient (Wildman–Crippen LogP) is 1.78. The Morgan fingerprint density at radius 1 is 1.24 bits per heavy atom. The van der Waals surface area contributed by atoms with Crippen LogP contribution in [0.25, 0.3) is 0 Å². The van der Waals surface area contributed by atoms with Crippen molar-refractivity contribution in [1.29, 1.82) is 0 Å². The summed E-state index contributed by atoms with van der Waals surface area (Å²) < 4.78 is 1.55. The Morgan fingerprint density at radius 3 is 2.48 bits per heavy atom. The van der Waals surface area contributed by atoms with Gasteiger partial charge in [0.15, 0.2) is 0 Å². The summed E-state index contributed by atoms with van der Waals surface area (Å²) in [5.74, 6) is -1.44. The molecule has 0 aliphatic heterocycles. The quantitative estimate of drug-likeness (QED) is 0.643. The van der Waals surface area contributed by atoms with Gasteiger partial charge in [-0.3, -0.25) is 4.68 Å². The van der Waals surface area contributed by atoms with E-state index in [2.05, 4.69) is 15.7 Å². The molecule has 1 aromatic heterocycles. The summed E-state index contributed by atoms with van der Waals surface area (Å²) in [5.41, 5.74) is 1.04. The standard InChI is InChI=1S/C13H14N4O4/c1-7-11(6-17(2)16-7)15-13(21)14-10-4-3-8(18)5-9(10)12(19)20/h3-6,18H,1-2H3,(H,19,20)(H2,14,15,21). The lowest BCUT2D eigenvalue weighted by Crippen LogP contribution is -2.21. The van der Waals surface area contributed by atoms with Gasteiger partial charge in [-0.1, -0.05) is 0 Å². The third-order valence-corrected chi connectivity index (χ3v) is 2.74. The highest BCUT2D eigenvalue weighted by Crippen LogP contribution is 2.21. The number of urea groups is 1. The topological polar surface area (TPSA) is 116 Å². The van der Waals surface area contributed by atoms with Crippen molar-refractivity contribution in [2.75, 3.05) is 10.6 Å². The molecule has 0 saturated carbocycles. The van der Waals surface area contributed by atoms with Crippen LogP contribution >= 0.6 is 0 Å². The van der Waals surface area contributed by atoms with Gasteiger partial charge < -0.3 is 20.8 Å². The van der Waals surface area contributed by atoms with E-state index in [1.54, 1.807) is 24.9 Å². The molecule has 0 fully saturated rings. The van der Waals surface area contributed by atoms with Gasteiger partial charge in [0.25, 0.3) is 0 Å². The number of aromatic hydroxyl groups is 1. The number of aromatic nitrogens is 2. The molecule has 8 heteroatoms. The molecular weight excluding hydrogens is 276 g/mol. The molecule has 2 amide bonds. The van der Waals surface area contributed by atoms with Crippen LogP contribution in [0.2, 0.25) is 0 Å². The van der Waals surface area contributed by atoms with Crippen LogP contribution in [-0.2, 0) is 7.05 Å². The number of benzene rings is 1. The number of hydrogen-bond donors (Lipinski definition) is 4. The Bertz CT molecular complexity index is 708. The summed E-state index contributed by atoms with van der Waals surface area (Å²) in [6.45, 7) is 1.73. The summed E-state index contributed by atoms with van der Waals surface area (Å²) in [6, 6.07) is 3.07. The van der Waals surface area contributed by atoms with E-state index < -0.39 is 12.0 Å². The van der Waals surface area contributed by atoms with Gasteiger partial charge in [-0.15, -0.1) is 0 Å². The van der Waals surface area contributed by atoms with Gasteiger partial charge in [-0.25, -0.2) is 9.59 Å². The predicted molar refractivity (Wildman–Crippen MR) is 75.7 cm³/mol. The molecule has 0 atom stereocenters. The van der Waals surface area contributed by atoms with E-state index in [1.165, 1.54) is 12.1 Å².